The van der Waals surface area contributed by atoms with Gasteiger partial charge in [-0.3, -0.25) is 4.99 Å². The summed E-state index contributed by atoms with van der Waals surface area (Å²) < 4.78 is 5.30. The maximum absolute atomic E-state index is 9.24. The molecule has 0 saturated carbocycles. The Morgan fingerprint density at radius 1 is 1.00 bits per heavy atom. The number of rotatable bonds is 5. The molecule has 0 radical (unpaired) electrons. The van der Waals surface area contributed by atoms with Crippen LogP contribution in [0.5, 0.6) is 0 Å². The van der Waals surface area contributed by atoms with Crippen molar-refractivity contribution < 1.29 is 4.42 Å². The van der Waals surface area contributed by atoms with Crippen LogP contribution in [0.3, 0.4) is 0 Å². The number of hydrogen-bond donors (Lipinski definition) is 2. The van der Waals surface area contributed by atoms with E-state index in [1.807, 2.05) is 48.5 Å². The topological polar surface area (TPSA) is 73.3 Å². The molecule has 2 N–H and O–H groups in total. The number of benzene rings is 2. The number of nitrogens with zero attached hydrogens (tertiary/aromatic N) is 2. The molecule has 0 spiro atoms. The normalized spacial score (nSPS) is 10.6. The van der Waals surface area contributed by atoms with Gasteiger partial charge in [-0.2, -0.15) is 5.26 Å². The molecule has 27 heavy (non-hydrogen) atoms. The van der Waals surface area contributed by atoms with E-state index in [1.165, 1.54) is 0 Å². The highest BCUT2D eigenvalue weighted by atomic mass is 127. The Balaban J connectivity index is 0.00000261. The highest BCUT2D eigenvalue weighted by Gasteiger charge is 2.04. The van der Waals surface area contributed by atoms with Gasteiger partial charge in [0.25, 0.3) is 0 Å². The SMILES string of the molecule is CN=C(NCc1ccc(-c2ccccc2C#N)cc1)NCc1ccco1.I. The van der Waals surface area contributed by atoms with Gasteiger partial charge in [-0.05, 0) is 34.9 Å². The fourth-order valence-corrected chi connectivity index (χ4v) is 2.62. The lowest BCUT2D eigenvalue weighted by Gasteiger charge is -2.11. The molecule has 1 heterocycles. The van der Waals surface area contributed by atoms with Crippen LogP contribution in [0, 0.1) is 11.3 Å². The van der Waals surface area contributed by atoms with Crippen LogP contribution >= 0.6 is 24.0 Å². The van der Waals surface area contributed by atoms with Crippen molar-refractivity contribution in [3.63, 3.8) is 0 Å². The van der Waals surface area contributed by atoms with Crippen molar-refractivity contribution >= 4 is 29.9 Å². The van der Waals surface area contributed by atoms with Gasteiger partial charge in [-0.1, -0.05) is 42.5 Å². The van der Waals surface area contributed by atoms with Gasteiger partial charge in [0, 0.05) is 13.6 Å². The predicted molar refractivity (Wildman–Crippen MR) is 118 cm³/mol. The molecule has 0 amide bonds. The van der Waals surface area contributed by atoms with Crippen LogP contribution in [0.25, 0.3) is 11.1 Å². The largest absolute Gasteiger partial charge is 0.467 e. The van der Waals surface area contributed by atoms with E-state index in [2.05, 4.69) is 33.8 Å². The summed E-state index contributed by atoms with van der Waals surface area (Å²) in [6, 6.07) is 21.8. The molecule has 0 atom stereocenters. The Labute approximate surface area is 176 Å². The number of furan rings is 1. The molecule has 0 fully saturated rings. The Morgan fingerprint density at radius 2 is 1.74 bits per heavy atom. The van der Waals surface area contributed by atoms with E-state index < -0.39 is 0 Å². The molecule has 3 rings (SSSR count). The first-order valence-electron chi connectivity index (χ1n) is 8.35. The number of nitrogens with one attached hydrogen (secondary N) is 2. The summed E-state index contributed by atoms with van der Waals surface area (Å²) in [5.74, 6) is 1.56. The molecule has 0 unspecified atom stereocenters. The highest BCUT2D eigenvalue weighted by molar-refractivity contribution is 14.0. The van der Waals surface area contributed by atoms with Gasteiger partial charge in [0.05, 0.1) is 24.4 Å². The molecular formula is C21H21IN4O. The quantitative estimate of drug-likeness (QED) is 0.330. The summed E-state index contributed by atoms with van der Waals surface area (Å²) in [5, 5.41) is 15.7. The second-order valence-corrected chi connectivity index (χ2v) is 5.71. The van der Waals surface area contributed by atoms with Crippen LogP contribution in [0.15, 0.2) is 76.3 Å². The Bertz CT molecular complexity index is 912. The van der Waals surface area contributed by atoms with Gasteiger partial charge in [0.1, 0.15) is 5.76 Å². The third-order valence-corrected chi connectivity index (χ3v) is 4.01. The molecule has 2 aromatic carbocycles. The van der Waals surface area contributed by atoms with E-state index >= 15 is 0 Å². The van der Waals surface area contributed by atoms with E-state index in [0.717, 1.165) is 22.5 Å². The average molecular weight is 472 g/mol. The minimum absolute atomic E-state index is 0. The second kappa shape index (κ2) is 10.4. The van der Waals surface area contributed by atoms with Gasteiger partial charge >= 0.3 is 0 Å². The average Bonchev–Trinajstić information content (AvgIpc) is 3.22. The molecule has 6 heteroatoms. The van der Waals surface area contributed by atoms with Crippen LogP contribution in [-0.4, -0.2) is 13.0 Å². The molecule has 3 aromatic rings. The molecule has 138 valence electrons. The molecule has 5 nitrogen and oxygen atoms in total. The van der Waals surface area contributed by atoms with Crippen LogP contribution in [-0.2, 0) is 13.1 Å². The van der Waals surface area contributed by atoms with Crippen molar-refractivity contribution in [1.29, 1.82) is 5.26 Å². The third-order valence-electron chi connectivity index (χ3n) is 4.01. The number of halogens is 1. The Morgan fingerprint density at radius 3 is 2.41 bits per heavy atom. The Hall–Kier alpha value is -2.79. The first-order valence-corrected chi connectivity index (χ1v) is 8.35. The molecule has 0 aliphatic carbocycles. The maximum Gasteiger partial charge on any atom is 0.191 e. The van der Waals surface area contributed by atoms with Crippen LogP contribution in [0.4, 0.5) is 0 Å². The van der Waals surface area contributed by atoms with Crippen molar-refractivity contribution in [2.75, 3.05) is 7.05 Å². The van der Waals surface area contributed by atoms with E-state index in [1.54, 1.807) is 13.3 Å². The van der Waals surface area contributed by atoms with Crippen LogP contribution < -0.4 is 10.6 Å². The van der Waals surface area contributed by atoms with E-state index in [-0.39, 0.29) is 24.0 Å². The lowest BCUT2D eigenvalue weighted by molar-refractivity contribution is 0.501. The van der Waals surface area contributed by atoms with Crippen LogP contribution in [0.1, 0.15) is 16.9 Å². The van der Waals surface area contributed by atoms with E-state index in [9.17, 15) is 5.26 Å². The van der Waals surface area contributed by atoms with Gasteiger partial charge in [-0.25, -0.2) is 0 Å². The zero-order valence-corrected chi connectivity index (χ0v) is 17.3. The fourth-order valence-electron chi connectivity index (χ4n) is 2.62. The number of hydrogen-bond acceptors (Lipinski definition) is 3. The summed E-state index contributed by atoms with van der Waals surface area (Å²) in [6.45, 7) is 1.23. The standard InChI is InChI=1S/C21H20N4O.HI/c1-23-21(25-15-19-6-4-12-26-19)24-14-16-8-10-17(11-9-16)20-7-3-2-5-18(20)13-22;/h2-12H,14-15H2,1H3,(H2,23,24,25);1H. The summed E-state index contributed by atoms with van der Waals surface area (Å²) in [6.07, 6.45) is 1.65. The van der Waals surface area contributed by atoms with E-state index in [4.69, 9.17) is 4.42 Å². The second-order valence-electron chi connectivity index (χ2n) is 5.71. The first kappa shape index (κ1) is 20.5. The van der Waals surface area contributed by atoms with Gasteiger partial charge in [-0.15, -0.1) is 24.0 Å². The Kier molecular flexibility index (Phi) is 7.89. The first-order chi connectivity index (χ1) is 12.8. The lowest BCUT2D eigenvalue weighted by Crippen LogP contribution is -2.36. The molecule has 0 aliphatic heterocycles. The smallest absolute Gasteiger partial charge is 0.191 e. The molecule has 0 saturated heterocycles. The minimum atomic E-state index is 0. The van der Waals surface area contributed by atoms with E-state index in [0.29, 0.717) is 24.6 Å². The van der Waals surface area contributed by atoms with Gasteiger partial charge < -0.3 is 15.1 Å². The van der Waals surface area contributed by atoms with Gasteiger partial charge in [0.15, 0.2) is 5.96 Å². The summed E-state index contributed by atoms with van der Waals surface area (Å²) in [7, 11) is 1.74. The number of nitriles is 1. The third kappa shape index (κ3) is 5.59. The van der Waals surface area contributed by atoms with Crippen LogP contribution in [0.2, 0.25) is 0 Å². The maximum atomic E-state index is 9.24. The van der Waals surface area contributed by atoms with Gasteiger partial charge in [0.2, 0.25) is 0 Å². The highest BCUT2D eigenvalue weighted by Crippen LogP contribution is 2.23. The molecular weight excluding hydrogens is 451 g/mol. The molecule has 1 aromatic heterocycles. The zero-order valence-electron chi connectivity index (χ0n) is 15.0. The lowest BCUT2D eigenvalue weighted by atomic mass is 9.99. The monoisotopic (exact) mass is 472 g/mol. The minimum Gasteiger partial charge on any atom is -0.467 e. The van der Waals surface area contributed by atoms with Crippen molar-refractivity contribution in [3.8, 4) is 17.2 Å². The summed E-state index contributed by atoms with van der Waals surface area (Å²) in [4.78, 5) is 4.21. The zero-order chi connectivity index (χ0) is 18.2. The summed E-state index contributed by atoms with van der Waals surface area (Å²) >= 11 is 0. The number of aliphatic imine (C=N–C) groups is 1. The van der Waals surface area contributed by atoms with Crippen molar-refractivity contribution in [1.82, 2.24) is 10.6 Å². The van der Waals surface area contributed by atoms with Crippen molar-refractivity contribution in [2.45, 2.75) is 13.1 Å². The van der Waals surface area contributed by atoms with Crippen molar-refractivity contribution in [3.05, 3.63) is 83.8 Å². The predicted octanol–water partition coefficient (Wildman–Crippen LogP) is 4.30. The summed E-state index contributed by atoms with van der Waals surface area (Å²) in [5.41, 5.74) is 3.79. The molecule has 0 aliphatic rings. The van der Waals surface area contributed by atoms with Crippen molar-refractivity contribution in [2.24, 2.45) is 4.99 Å². The molecule has 0 bridgehead atoms. The number of guanidine groups is 1. The fraction of sp³-hybridized carbons (Fsp3) is 0.143.